The first-order valence-corrected chi connectivity index (χ1v) is 17.1. The number of hydrogen-bond acceptors (Lipinski definition) is 0. The van der Waals surface area contributed by atoms with Gasteiger partial charge >= 0.3 is 0 Å². The average molecular weight is 605 g/mol. The molecule has 4 aliphatic carbocycles. The van der Waals surface area contributed by atoms with E-state index in [1.807, 2.05) is 0 Å². The summed E-state index contributed by atoms with van der Waals surface area (Å²) < 4.78 is 0. The van der Waals surface area contributed by atoms with Crippen molar-refractivity contribution in [2.24, 2.45) is 11.8 Å². The highest BCUT2D eigenvalue weighted by Gasteiger charge is 2.39. The van der Waals surface area contributed by atoms with Crippen molar-refractivity contribution in [3.8, 4) is 44.5 Å². The van der Waals surface area contributed by atoms with Crippen LogP contribution in [0.2, 0.25) is 0 Å². The van der Waals surface area contributed by atoms with Crippen LogP contribution in [0, 0.1) is 11.8 Å². The van der Waals surface area contributed by atoms with Crippen LogP contribution in [0.15, 0.2) is 158 Å². The predicted octanol–water partition coefficient (Wildman–Crippen LogP) is 12.9. The Labute approximate surface area is 278 Å². The number of hydrogen-bond donors (Lipinski definition) is 0. The molecule has 0 bridgehead atoms. The Morgan fingerprint density at radius 1 is 0.375 bits per heavy atom. The first-order valence-electron chi connectivity index (χ1n) is 17.1. The van der Waals surface area contributed by atoms with Gasteiger partial charge in [0.25, 0.3) is 0 Å². The van der Waals surface area contributed by atoms with Gasteiger partial charge in [-0.1, -0.05) is 140 Å². The van der Waals surface area contributed by atoms with E-state index in [-0.39, 0.29) is 0 Å². The molecule has 0 aromatic heterocycles. The second-order valence-corrected chi connectivity index (χ2v) is 13.9. The summed E-state index contributed by atoms with van der Waals surface area (Å²) in [7, 11) is 0. The molecule has 0 spiro atoms. The van der Waals surface area contributed by atoms with E-state index in [4.69, 9.17) is 0 Å². The lowest BCUT2D eigenvalue weighted by molar-refractivity contribution is 0.707. The SMILES string of the molecule is C1=CC2C=CC=C3c4cc5c(-c6ccccc6)c6c(c(-c7ccccc7)c5cc4C(=C1)C32)-c1ccc2ccc3cccc4cc-6c1c2c34. The van der Waals surface area contributed by atoms with Crippen LogP contribution in [0.5, 0.6) is 0 Å². The van der Waals surface area contributed by atoms with Gasteiger partial charge in [-0.25, -0.2) is 0 Å². The van der Waals surface area contributed by atoms with Crippen LogP contribution in [0.3, 0.4) is 0 Å². The van der Waals surface area contributed by atoms with E-state index in [9.17, 15) is 0 Å². The van der Waals surface area contributed by atoms with Crippen molar-refractivity contribution in [2.45, 2.75) is 0 Å². The molecule has 0 aliphatic heterocycles. The maximum Gasteiger partial charge on any atom is 0.0199 e. The highest BCUT2D eigenvalue weighted by molar-refractivity contribution is 6.36. The molecule has 2 unspecified atom stereocenters. The third kappa shape index (κ3) is 3.02. The molecule has 8 aromatic carbocycles. The molecule has 48 heavy (non-hydrogen) atoms. The van der Waals surface area contributed by atoms with Crippen molar-refractivity contribution in [3.63, 3.8) is 0 Å². The third-order valence-electron chi connectivity index (χ3n) is 11.6. The Bertz CT molecular complexity index is 2860. The van der Waals surface area contributed by atoms with E-state index < -0.39 is 0 Å². The predicted molar refractivity (Wildman–Crippen MR) is 204 cm³/mol. The van der Waals surface area contributed by atoms with Crippen molar-refractivity contribution >= 4 is 54.2 Å². The van der Waals surface area contributed by atoms with Gasteiger partial charge < -0.3 is 0 Å². The minimum Gasteiger partial charge on any atom is -0.0767 e. The van der Waals surface area contributed by atoms with Crippen molar-refractivity contribution < 1.29 is 0 Å². The highest BCUT2D eigenvalue weighted by Crippen LogP contribution is 2.61. The Kier molecular flexibility index (Phi) is 4.65. The lowest BCUT2D eigenvalue weighted by atomic mass is 9.78. The molecule has 0 nitrogen and oxygen atoms in total. The fourth-order valence-electron chi connectivity index (χ4n) is 9.78. The Hall–Kier alpha value is -5.98. The van der Waals surface area contributed by atoms with E-state index in [1.54, 1.807) is 0 Å². The summed E-state index contributed by atoms with van der Waals surface area (Å²) in [6.07, 6.45) is 14.0. The number of allylic oxidation sites excluding steroid dienone is 8. The fourth-order valence-corrected chi connectivity index (χ4v) is 9.78. The lowest BCUT2D eigenvalue weighted by Gasteiger charge is -2.25. The minimum absolute atomic E-state index is 0.395. The number of benzene rings is 8. The molecule has 0 saturated heterocycles. The van der Waals surface area contributed by atoms with Crippen LogP contribution in [0.1, 0.15) is 11.1 Å². The maximum absolute atomic E-state index is 2.55. The molecule has 8 aromatic rings. The van der Waals surface area contributed by atoms with Crippen molar-refractivity contribution in [3.05, 3.63) is 169 Å². The molecule has 0 saturated carbocycles. The number of rotatable bonds is 2. The van der Waals surface area contributed by atoms with Crippen LogP contribution in [0.25, 0.3) is 98.7 Å². The van der Waals surface area contributed by atoms with E-state index in [0.717, 1.165) is 0 Å². The zero-order valence-electron chi connectivity index (χ0n) is 26.2. The van der Waals surface area contributed by atoms with Crippen molar-refractivity contribution in [1.82, 2.24) is 0 Å². The van der Waals surface area contributed by atoms with Crippen LogP contribution in [-0.2, 0) is 0 Å². The second kappa shape index (κ2) is 8.88. The molecule has 4 aliphatic rings. The topological polar surface area (TPSA) is 0 Å². The number of fused-ring (bicyclic) bond motifs is 7. The monoisotopic (exact) mass is 604 g/mol. The van der Waals surface area contributed by atoms with Gasteiger partial charge in [0.15, 0.2) is 0 Å². The normalized spacial score (nSPS) is 18.1. The van der Waals surface area contributed by atoms with Gasteiger partial charge in [0, 0.05) is 11.8 Å². The molecule has 2 atom stereocenters. The van der Waals surface area contributed by atoms with Gasteiger partial charge in [0.2, 0.25) is 0 Å². The third-order valence-corrected chi connectivity index (χ3v) is 11.6. The van der Waals surface area contributed by atoms with Gasteiger partial charge in [-0.3, -0.25) is 0 Å². The summed E-state index contributed by atoms with van der Waals surface area (Å²) >= 11 is 0. The van der Waals surface area contributed by atoms with Crippen LogP contribution >= 0.6 is 0 Å². The zero-order chi connectivity index (χ0) is 31.1. The smallest absolute Gasteiger partial charge is 0.0199 e. The standard InChI is InChI=1S/C48H28/c1-3-10-28(11-4-1)43-38-25-36-33-18-8-15-27-16-9-19-34(42(27)33)37(36)26-39(38)44(29-12-5-2-6-13-29)48-40-24-32-17-7-14-30-20-21-31-22-23-35(47(43)48)46(40)45(31)41(30)32/h1-27,42H. The lowest BCUT2D eigenvalue weighted by Crippen LogP contribution is -2.13. The van der Waals surface area contributed by atoms with E-state index in [1.165, 1.54) is 110 Å². The molecular formula is C48H28. The maximum atomic E-state index is 2.55. The van der Waals surface area contributed by atoms with E-state index in [0.29, 0.717) is 11.8 Å². The largest absolute Gasteiger partial charge is 0.0767 e. The Morgan fingerprint density at radius 3 is 1.58 bits per heavy atom. The van der Waals surface area contributed by atoms with Crippen LogP contribution in [0.4, 0.5) is 0 Å². The molecule has 12 rings (SSSR count). The average Bonchev–Trinajstić information content (AvgIpc) is 3.64. The van der Waals surface area contributed by atoms with Crippen molar-refractivity contribution in [1.29, 1.82) is 0 Å². The summed E-state index contributed by atoms with van der Waals surface area (Å²) in [4.78, 5) is 0. The molecule has 0 amide bonds. The van der Waals surface area contributed by atoms with Gasteiger partial charge in [-0.05, 0) is 128 Å². The summed E-state index contributed by atoms with van der Waals surface area (Å²) in [5, 5.41) is 10.8. The second-order valence-electron chi connectivity index (χ2n) is 13.9. The summed E-state index contributed by atoms with van der Waals surface area (Å²) in [5.74, 6) is 0.809. The van der Waals surface area contributed by atoms with Gasteiger partial charge in [-0.2, -0.15) is 0 Å². The molecule has 0 heterocycles. The minimum atomic E-state index is 0.395. The zero-order valence-corrected chi connectivity index (χ0v) is 26.2. The quantitative estimate of drug-likeness (QED) is 0.172. The summed E-state index contributed by atoms with van der Waals surface area (Å²) in [5.41, 5.74) is 16.4. The summed E-state index contributed by atoms with van der Waals surface area (Å²) in [6, 6.07) is 46.0. The highest BCUT2D eigenvalue weighted by atomic mass is 14.4. The fraction of sp³-hybridized carbons (Fsp3) is 0.0417. The van der Waals surface area contributed by atoms with Gasteiger partial charge in [-0.15, -0.1) is 0 Å². The molecule has 0 heteroatoms. The molecule has 220 valence electrons. The van der Waals surface area contributed by atoms with Crippen LogP contribution in [-0.4, -0.2) is 0 Å². The van der Waals surface area contributed by atoms with Gasteiger partial charge in [0.05, 0.1) is 0 Å². The first-order chi connectivity index (χ1) is 23.8. The molecule has 0 fully saturated rings. The van der Waals surface area contributed by atoms with E-state index in [2.05, 4.69) is 158 Å². The van der Waals surface area contributed by atoms with Gasteiger partial charge in [0.1, 0.15) is 0 Å². The molecular weight excluding hydrogens is 577 g/mol. The molecule has 0 radical (unpaired) electrons. The first kappa shape index (κ1) is 25.2. The summed E-state index contributed by atoms with van der Waals surface area (Å²) in [6.45, 7) is 0. The van der Waals surface area contributed by atoms with Crippen molar-refractivity contribution in [2.75, 3.05) is 0 Å². The van der Waals surface area contributed by atoms with E-state index >= 15 is 0 Å². The molecule has 0 N–H and O–H groups in total. The Morgan fingerprint density at radius 2 is 0.938 bits per heavy atom. The Balaban J connectivity index is 1.33. The van der Waals surface area contributed by atoms with Crippen LogP contribution < -0.4 is 0 Å².